The van der Waals surface area contributed by atoms with Crippen molar-refractivity contribution in [3.05, 3.63) is 74.9 Å². The van der Waals surface area contributed by atoms with Crippen LogP contribution in [0.3, 0.4) is 0 Å². The highest BCUT2D eigenvalue weighted by Gasteiger charge is 2.08. The smallest absolute Gasteiger partial charge is 0.253 e. The minimum absolute atomic E-state index is 0.0977. The molecule has 25 heavy (non-hydrogen) atoms. The van der Waals surface area contributed by atoms with Crippen LogP contribution >= 0.6 is 11.6 Å². The maximum atomic E-state index is 12.3. The van der Waals surface area contributed by atoms with Gasteiger partial charge in [-0.3, -0.25) is 4.79 Å². The van der Waals surface area contributed by atoms with Gasteiger partial charge >= 0.3 is 0 Å². The number of fused-ring (bicyclic) bond motifs is 2. The molecule has 0 atom stereocenters. The van der Waals surface area contributed by atoms with Crippen LogP contribution in [0.5, 0.6) is 0 Å². The van der Waals surface area contributed by atoms with Crippen LogP contribution in [0.25, 0.3) is 16.6 Å². The Bertz CT molecular complexity index is 1160. The summed E-state index contributed by atoms with van der Waals surface area (Å²) in [7, 11) is 0. The van der Waals surface area contributed by atoms with Crippen molar-refractivity contribution < 1.29 is 0 Å². The van der Waals surface area contributed by atoms with E-state index in [2.05, 4.69) is 15.3 Å². The Balaban J connectivity index is 1.67. The van der Waals surface area contributed by atoms with Crippen molar-refractivity contribution in [1.82, 2.24) is 14.4 Å². The topological polar surface area (TPSA) is 62.2 Å². The van der Waals surface area contributed by atoms with Gasteiger partial charge in [0, 0.05) is 39.9 Å². The van der Waals surface area contributed by atoms with Crippen LogP contribution in [0.2, 0.25) is 5.02 Å². The number of pyridine rings is 2. The van der Waals surface area contributed by atoms with Crippen molar-refractivity contribution in [3.8, 4) is 0 Å². The summed E-state index contributed by atoms with van der Waals surface area (Å²) in [5, 5.41) is 4.92. The number of hydrogen-bond donors (Lipinski definition) is 2. The van der Waals surface area contributed by atoms with Crippen LogP contribution in [0.1, 0.15) is 17.0 Å². The number of hydrogen-bond acceptors (Lipinski definition) is 3. The van der Waals surface area contributed by atoms with Crippen LogP contribution in [-0.4, -0.2) is 14.4 Å². The van der Waals surface area contributed by atoms with E-state index in [1.807, 2.05) is 54.8 Å². The second-order valence-corrected chi connectivity index (χ2v) is 6.59. The first-order valence-corrected chi connectivity index (χ1v) is 8.40. The third-order valence-electron chi connectivity index (χ3n) is 4.36. The molecule has 126 valence electrons. The molecule has 3 heterocycles. The molecule has 0 amide bonds. The van der Waals surface area contributed by atoms with E-state index in [0.29, 0.717) is 17.1 Å². The molecule has 0 unspecified atom stereocenters. The zero-order valence-corrected chi connectivity index (χ0v) is 14.7. The molecule has 0 fully saturated rings. The van der Waals surface area contributed by atoms with E-state index in [1.165, 1.54) is 0 Å². The number of nitrogens with one attached hydrogen (secondary N) is 2. The van der Waals surface area contributed by atoms with E-state index in [0.717, 1.165) is 33.6 Å². The van der Waals surface area contributed by atoms with Gasteiger partial charge in [-0.15, -0.1) is 0 Å². The van der Waals surface area contributed by atoms with Crippen molar-refractivity contribution >= 4 is 33.8 Å². The Labute approximate surface area is 149 Å². The molecule has 1 aromatic carbocycles. The molecule has 4 aromatic rings. The molecule has 3 aromatic heterocycles. The molecule has 4 rings (SSSR count). The van der Waals surface area contributed by atoms with Gasteiger partial charge in [-0.1, -0.05) is 11.6 Å². The summed E-state index contributed by atoms with van der Waals surface area (Å²) in [5.74, 6) is 0. The van der Waals surface area contributed by atoms with Gasteiger partial charge in [0.1, 0.15) is 5.65 Å². The van der Waals surface area contributed by atoms with E-state index in [1.54, 1.807) is 6.07 Å². The Kier molecular flexibility index (Phi) is 3.73. The molecule has 0 saturated heterocycles. The summed E-state index contributed by atoms with van der Waals surface area (Å²) < 4.78 is 2.04. The van der Waals surface area contributed by atoms with Crippen molar-refractivity contribution in [3.63, 3.8) is 0 Å². The standard InChI is InChI=1S/C19H17ClN4O/c1-11-10-24-12(2)16(5-6-18(24)22-11)21-9-14-7-13-8-15(20)3-4-17(13)23-19(14)25/h3-8,10,21H,9H2,1-2H3,(H,23,25). The van der Waals surface area contributed by atoms with E-state index in [9.17, 15) is 4.79 Å². The van der Waals surface area contributed by atoms with Crippen LogP contribution in [-0.2, 0) is 6.54 Å². The lowest BCUT2D eigenvalue weighted by atomic mass is 10.1. The van der Waals surface area contributed by atoms with Crippen molar-refractivity contribution in [1.29, 1.82) is 0 Å². The number of aryl methyl sites for hydroxylation is 2. The first-order chi connectivity index (χ1) is 12.0. The molecule has 0 radical (unpaired) electrons. The predicted octanol–water partition coefficient (Wildman–Crippen LogP) is 4.06. The zero-order valence-electron chi connectivity index (χ0n) is 13.9. The molecular weight excluding hydrogens is 336 g/mol. The lowest BCUT2D eigenvalue weighted by Crippen LogP contribution is -2.16. The second-order valence-electron chi connectivity index (χ2n) is 6.15. The lowest BCUT2D eigenvalue weighted by Gasteiger charge is -2.11. The average Bonchev–Trinajstić information content (AvgIpc) is 2.96. The van der Waals surface area contributed by atoms with Gasteiger partial charge < -0.3 is 14.7 Å². The zero-order chi connectivity index (χ0) is 17.6. The van der Waals surface area contributed by atoms with Gasteiger partial charge in [0.25, 0.3) is 5.56 Å². The van der Waals surface area contributed by atoms with Gasteiger partial charge in [0.05, 0.1) is 11.4 Å². The minimum Gasteiger partial charge on any atom is -0.379 e. The third-order valence-corrected chi connectivity index (χ3v) is 4.59. The Morgan fingerprint density at radius 3 is 2.88 bits per heavy atom. The van der Waals surface area contributed by atoms with Crippen molar-refractivity contribution in [2.45, 2.75) is 20.4 Å². The number of aromatic amines is 1. The monoisotopic (exact) mass is 352 g/mol. The molecule has 0 spiro atoms. The van der Waals surface area contributed by atoms with Gasteiger partial charge in [0.15, 0.2) is 0 Å². The van der Waals surface area contributed by atoms with Crippen LogP contribution < -0.4 is 10.9 Å². The summed E-state index contributed by atoms with van der Waals surface area (Å²) in [5.41, 5.74) is 5.26. The minimum atomic E-state index is -0.0977. The number of benzene rings is 1. The molecule has 0 aliphatic carbocycles. The SMILES string of the molecule is Cc1cn2c(C)c(NCc3cc4cc(Cl)ccc4[nH]c3=O)ccc2n1. The number of anilines is 1. The summed E-state index contributed by atoms with van der Waals surface area (Å²) in [6.45, 7) is 4.43. The van der Waals surface area contributed by atoms with Crippen LogP contribution in [0.4, 0.5) is 5.69 Å². The van der Waals surface area contributed by atoms with E-state index in [4.69, 9.17) is 11.6 Å². The number of nitrogens with zero attached hydrogens (tertiary/aromatic N) is 2. The first kappa shape index (κ1) is 15.7. The van der Waals surface area contributed by atoms with Gasteiger partial charge in [-0.2, -0.15) is 0 Å². The Morgan fingerprint density at radius 2 is 2.04 bits per heavy atom. The predicted molar refractivity (Wildman–Crippen MR) is 102 cm³/mol. The third kappa shape index (κ3) is 2.87. The fraction of sp³-hybridized carbons (Fsp3) is 0.158. The highest BCUT2D eigenvalue weighted by Crippen LogP contribution is 2.20. The number of aromatic nitrogens is 3. The maximum Gasteiger partial charge on any atom is 0.253 e. The fourth-order valence-electron chi connectivity index (χ4n) is 3.04. The molecular formula is C19H17ClN4O. The van der Waals surface area contributed by atoms with Crippen molar-refractivity contribution in [2.24, 2.45) is 0 Å². The lowest BCUT2D eigenvalue weighted by molar-refractivity contribution is 1.04. The van der Waals surface area contributed by atoms with Gasteiger partial charge in [0.2, 0.25) is 0 Å². The molecule has 0 bridgehead atoms. The summed E-state index contributed by atoms with van der Waals surface area (Å²) >= 11 is 6.05. The normalized spacial score (nSPS) is 11.3. The number of imidazole rings is 1. The molecule has 2 N–H and O–H groups in total. The first-order valence-electron chi connectivity index (χ1n) is 8.02. The van der Waals surface area contributed by atoms with E-state index < -0.39 is 0 Å². The van der Waals surface area contributed by atoms with Gasteiger partial charge in [-0.05, 0) is 50.2 Å². The maximum absolute atomic E-state index is 12.3. The molecule has 0 aliphatic heterocycles. The molecule has 0 aliphatic rings. The van der Waals surface area contributed by atoms with E-state index >= 15 is 0 Å². The number of H-pyrrole nitrogens is 1. The fourth-order valence-corrected chi connectivity index (χ4v) is 3.22. The highest BCUT2D eigenvalue weighted by molar-refractivity contribution is 6.31. The van der Waals surface area contributed by atoms with E-state index in [-0.39, 0.29) is 5.56 Å². The van der Waals surface area contributed by atoms with Gasteiger partial charge in [-0.25, -0.2) is 4.98 Å². The van der Waals surface area contributed by atoms with Crippen LogP contribution in [0.15, 0.2) is 47.4 Å². The summed E-state index contributed by atoms with van der Waals surface area (Å²) in [6, 6.07) is 11.3. The Hall–Kier alpha value is -2.79. The summed E-state index contributed by atoms with van der Waals surface area (Å²) in [4.78, 5) is 19.7. The second kappa shape index (κ2) is 5.93. The number of halogens is 1. The highest BCUT2D eigenvalue weighted by atomic mass is 35.5. The van der Waals surface area contributed by atoms with Crippen molar-refractivity contribution in [2.75, 3.05) is 5.32 Å². The number of rotatable bonds is 3. The quantitative estimate of drug-likeness (QED) is 0.584. The molecule has 5 nitrogen and oxygen atoms in total. The van der Waals surface area contributed by atoms with Crippen LogP contribution in [0, 0.1) is 13.8 Å². The molecule has 6 heteroatoms. The largest absolute Gasteiger partial charge is 0.379 e. The Morgan fingerprint density at radius 1 is 1.20 bits per heavy atom. The average molecular weight is 353 g/mol. The molecule has 0 saturated carbocycles. The summed E-state index contributed by atoms with van der Waals surface area (Å²) in [6.07, 6.45) is 2.00.